The van der Waals surface area contributed by atoms with Gasteiger partial charge in [0.05, 0.1) is 0 Å². The Morgan fingerprint density at radius 3 is 2.26 bits per heavy atom. The molecule has 2 aromatic rings. The number of halogens is 1. The van der Waals surface area contributed by atoms with E-state index in [0.29, 0.717) is 24.3 Å². The lowest BCUT2D eigenvalue weighted by atomic mass is 9.75. The summed E-state index contributed by atoms with van der Waals surface area (Å²) in [5, 5.41) is 0. The zero-order valence-electron chi connectivity index (χ0n) is 15.8. The van der Waals surface area contributed by atoms with Crippen molar-refractivity contribution in [3.05, 3.63) is 71.5 Å². The molecule has 2 atom stereocenters. The van der Waals surface area contributed by atoms with E-state index < -0.39 is 0 Å². The smallest absolute Gasteiger partial charge is 0.136 e. The first-order valence-electron chi connectivity index (χ1n) is 10.3. The molecule has 2 aromatic carbocycles. The van der Waals surface area contributed by atoms with E-state index in [1.807, 2.05) is 0 Å². The number of hydrogen-bond acceptors (Lipinski definition) is 2. The fourth-order valence-electron chi connectivity index (χ4n) is 4.92. The molecule has 3 heteroatoms. The number of aryl methyl sites for hydroxylation is 1. The van der Waals surface area contributed by atoms with Gasteiger partial charge in [0.25, 0.3) is 0 Å². The highest BCUT2D eigenvalue weighted by Crippen LogP contribution is 2.38. The number of rotatable bonds is 6. The summed E-state index contributed by atoms with van der Waals surface area (Å²) in [7, 11) is 0. The van der Waals surface area contributed by atoms with Crippen LogP contribution in [0.5, 0.6) is 0 Å². The SMILES string of the molecule is O=C(CCc1ccc(F)cc1)C1CC2CCCC(C1)N2Cc1ccccc1. The van der Waals surface area contributed by atoms with Gasteiger partial charge in [0.1, 0.15) is 11.6 Å². The third kappa shape index (κ3) is 4.47. The first-order valence-corrected chi connectivity index (χ1v) is 10.3. The summed E-state index contributed by atoms with van der Waals surface area (Å²) < 4.78 is 13.0. The van der Waals surface area contributed by atoms with Gasteiger partial charge >= 0.3 is 0 Å². The zero-order valence-corrected chi connectivity index (χ0v) is 15.8. The van der Waals surface area contributed by atoms with Gasteiger partial charge in [0, 0.05) is 31.0 Å². The normalized spacial score (nSPS) is 25.3. The minimum atomic E-state index is -0.219. The molecule has 142 valence electrons. The maximum atomic E-state index is 13.0. The predicted molar refractivity (Wildman–Crippen MR) is 106 cm³/mol. The number of hydrogen-bond donors (Lipinski definition) is 0. The Morgan fingerprint density at radius 2 is 1.59 bits per heavy atom. The standard InChI is InChI=1S/C24H28FNO/c25-21-12-9-18(10-13-21)11-14-24(27)20-15-22-7-4-8-23(16-20)26(22)17-19-5-2-1-3-6-19/h1-3,5-6,9-10,12-13,20,22-23H,4,7-8,11,14-17H2. The van der Waals surface area contributed by atoms with Crippen LogP contribution in [0, 0.1) is 11.7 Å². The minimum absolute atomic E-state index is 0.202. The summed E-state index contributed by atoms with van der Waals surface area (Å²) in [6, 6.07) is 18.3. The number of nitrogens with zero attached hydrogens (tertiary/aromatic N) is 1. The molecule has 0 aliphatic carbocycles. The highest BCUT2D eigenvalue weighted by Gasteiger charge is 2.40. The van der Waals surface area contributed by atoms with Crippen molar-refractivity contribution in [1.29, 1.82) is 0 Å². The topological polar surface area (TPSA) is 20.3 Å². The van der Waals surface area contributed by atoms with Crippen LogP contribution < -0.4 is 0 Å². The maximum Gasteiger partial charge on any atom is 0.136 e. The second-order valence-electron chi connectivity index (χ2n) is 8.16. The second kappa shape index (κ2) is 8.35. The quantitative estimate of drug-likeness (QED) is 0.705. The van der Waals surface area contributed by atoms with E-state index in [4.69, 9.17) is 0 Å². The van der Waals surface area contributed by atoms with Crippen LogP contribution in [-0.2, 0) is 17.8 Å². The number of fused-ring (bicyclic) bond motifs is 2. The number of benzene rings is 2. The largest absolute Gasteiger partial charge is 0.299 e. The van der Waals surface area contributed by atoms with Crippen LogP contribution in [0.15, 0.2) is 54.6 Å². The van der Waals surface area contributed by atoms with Crippen molar-refractivity contribution in [3.63, 3.8) is 0 Å². The van der Waals surface area contributed by atoms with Crippen LogP contribution in [0.25, 0.3) is 0 Å². The lowest BCUT2D eigenvalue weighted by molar-refractivity contribution is -0.127. The van der Waals surface area contributed by atoms with Crippen LogP contribution in [-0.4, -0.2) is 22.8 Å². The number of ketones is 1. The molecule has 0 radical (unpaired) electrons. The fraction of sp³-hybridized carbons (Fsp3) is 0.458. The van der Waals surface area contributed by atoms with E-state index in [0.717, 1.165) is 31.4 Å². The maximum absolute atomic E-state index is 13.0. The molecule has 0 spiro atoms. The molecule has 4 rings (SSSR count). The molecule has 2 fully saturated rings. The van der Waals surface area contributed by atoms with Crippen molar-refractivity contribution >= 4 is 5.78 Å². The Kier molecular flexibility index (Phi) is 5.68. The molecule has 2 nitrogen and oxygen atoms in total. The lowest BCUT2D eigenvalue weighted by Crippen LogP contribution is -2.52. The number of carbonyl (C=O) groups is 1. The third-order valence-corrected chi connectivity index (χ3v) is 6.36. The van der Waals surface area contributed by atoms with Crippen LogP contribution in [0.4, 0.5) is 4.39 Å². The zero-order chi connectivity index (χ0) is 18.6. The molecule has 2 bridgehead atoms. The summed E-state index contributed by atoms with van der Waals surface area (Å²) in [5.41, 5.74) is 2.42. The lowest BCUT2D eigenvalue weighted by Gasteiger charge is -2.48. The van der Waals surface area contributed by atoms with Crippen LogP contribution >= 0.6 is 0 Å². The Hall–Kier alpha value is -2.00. The van der Waals surface area contributed by atoms with Crippen molar-refractivity contribution in [2.24, 2.45) is 5.92 Å². The van der Waals surface area contributed by atoms with Gasteiger partial charge in [0.15, 0.2) is 0 Å². The summed E-state index contributed by atoms with van der Waals surface area (Å²) in [6.45, 7) is 1.01. The molecule has 2 aliphatic rings. The molecular weight excluding hydrogens is 337 g/mol. The van der Waals surface area contributed by atoms with E-state index >= 15 is 0 Å². The van der Waals surface area contributed by atoms with Gasteiger partial charge in [0.2, 0.25) is 0 Å². The van der Waals surface area contributed by atoms with Crippen LogP contribution in [0.2, 0.25) is 0 Å². The van der Waals surface area contributed by atoms with Gasteiger partial charge in [-0.3, -0.25) is 9.69 Å². The molecule has 0 amide bonds. The van der Waals surface area contributed by atoms with E-state index in [9.17, 15) is 9.18 Å². The van der Waals surface area contributed by atoms with E-state index in [1.165, 1.54) is 37.0 Å². The van der Waals surface area contributed by atoms with Gasteiger partial charge in [-0.15, -0.1) is 0 Å². The van der Waals surface area contributed by atoms with Crippen molar-refractivity contribution in [3.8, 4) is 0 Å². The molecule has 0 saturated carbocycles. The van der Waals surface area contributed by atoms with Gasteiger partial charge in [-0.2, -0.15) is 0 Å². The monoisotopic (exact) mass is 365 g/mol. The first-order chi connectivity index (χ1) is 13.2. The van der Waals surface area contributed by atoms with E-state index in [1.54, 1.807) is 12.1 Å². The number of carbonyl (C=O) groups excluding carboxylic acids is 1. The first kappa shape index (κ1) is 18.4. The predicted octanol–water partition coefficient (Wildman–Crippen LogP) is 5.16. The highest BCUT2D eigenvalue weighted by atomic mass is 19.1. The number of Topliss-reactive ketones (excluding diaryl/α,β-unsaturated/α-hetero) is 1. The van der Waals surface area contributed by atoms with E-state index in [2.05, 4.69) is 35.2 Å². The summed E-state index contributed by atoms with van der Waals surface area (Å²) >= 11 is 0. The third-order valence-electron chi connectivity index (χ3n) is 6.36. The molecule has 2 unspecified atom stereocenters. The van der Waals surface area contributed by atoms with Gasteiger partial charge in [-0.25, -0.2) is 4.39 Å². The van der Waals surface area contributed by atoms with Gasteiger partial charge in [-0.05, 0) is 55.4 Å². The Labute approximate surface area is 161 Å². The molecule has 2 heterocycles. The molecule has 0 N–H and O–H groups in total. The highest BCUT2D eigenvalue weighted by molar-refractivity contribution is 5.81. The molecular formula is C24H28FNO. The number of piperidine rings is 2. The summed E-state index contributed by atoms with van der Waals surface area (Å²) in [6.07, 6.45) is 7.03. The van der Waals surface area contributed by atoms with Crippen LogP contribution in [0.3, 0.4) is 0 Å². The Morgan fingerprint density at radius 1 is 0.926 bits per heavy atom. The minimum Gasteiger partial charge on any atom is -0.299 e. The van der Waals surface area contributed by atoms with Crippen molar-refractivity contribution in [1.82, 2.24) is 4.90 Å². The molecule has 2 saturated heterocycles. The fourth-order valence-corrected chi connectivity index (χ4v) is 4.92. The average Bonchev–Trinajstić information content (AvgIpc) is 2.68. The summed E-state index contributed by atoms with van der Waals surface area (Å²) in [4.78, 5) is 15.5. The Balaban J connectivity index is 1.36. The van der Waals surface area contributed by atoms with Gasteiger partial charge in [-0.1, -0.05) is 48.9 Å². The van der Waals surface area contributed by atoms with E-state index in [-0.39, 0.29) is 11.7 Å². The second-order valence-corrected chi connectivity index (χ2v) is 8.16. The van der Waals surface area contributed by atoms with Gasteiger partial charge < -0.3 is 0 Å². The summed E-state index contributed by atoms with van der Waals surface area (Å²) in [5.74, 6) is 0.382. The Bertz CT molecular complexity index is 744. The van der Waals surface area contributed by atoms with Crippen LogP contribution in [0.1, 0.15) is 49.7 Å². The molecule has 27 heavy (non-hydrogen) atoms. The van der Waals surface area contributed by atoms with Crippen molar-refractivity contribution in [2.45, 2.75) is 63.6 Å². The van der Waals surface area contributed by atoms with Crippen molar-refractivity contribution in [2.75, 3.05) is 0 Å². The molecule has 2 aliphatic heterocycles. The average molecular weight is 365 g/mol. The van der Waals surface area contributed by atoms with Crippen molar-refractivity contribution < 1.29 is 9.18 Å². The molecule has 0 aromatic heterocycles.